The van der Waals surface area contributed by atoms with Gasteiger partial charge in [-0.3, -0.25) is 0 Å². The van der Waals surface area contributed by atoms with Crippen LogP contribution in [-0.2, 0) is 5.41 Å². The average molecular weight is 206 g/mol. The molecule has 82 valence electrons. The second-order valence-electron chi connectivity index (χ2n) is 5.05. The summed E-state index contributed by atoms with van der Waals surface area (Å²) >= 11 is 0. The van der Waals surface area contributed by atoms with Crippen LogP contribution in [0.4, 0.5) is 5.82 Å². The van der Waals surface area contributed by atoms with Gasteiger partial charge in [0.2, 0.25) is 0 Å². The molecule has 1 aromatic rings. The van der Waals surface area contributed by atoms with Gasteiger partial charge >= 0.3 is 0 Å². The van der Waals surface area contributed by atoms with Gasteiger partial charge in [-0.05, 0) is 12.1 Å². The third-order valence-corrected chi connectivity index (χ3v) is 2.57. The zero-order valence-corrected chi connectivity index (χ0v) is 9.54. The third-order valence-electron chi connectivity index (χ3n) is 2.57. The van der Waals surface area contributed by atoms with E-state index in [4.69, 9.17) is 0 Å². The van der Waals surface area contributed by atoms with Gasteiger partial charge < -0.3 is 10.6 Å². The molecule has 1 saturated heterocycles. The van der Waals surface area contributed by atoms with E-state index in [0.29, 0.717) is 6.04 Å². The van der Waals surface area contributed by atoms with Gasteiger partial charge in [-0.1, -0.05) is 20.8 Å². The molecule has 4 heteroatoms. The van der Waals surface area contributed by atoms with Gasteiger partial charge in [0.15, 0.2) is 0 Å². The van der Waals surface area contributed by atoms with Crippen LogP contribution in [0.5, 0.6) is 0 Å². The maximum absolute atomic E-state index is 4.23. The minimum atomic E-state index is 0.0730. The molecular formula is C11H18N4. The smallest absolute Gasteiger partial charge is 0.148 e. The molecule has 2 rings (SSSR count). The van der Waals surface area contributed by atoms with Crippen molar-refractivity contribution in [1.82, 2.24) is 15.5 Å². The molecule has 1 aliphatic rings. The molecule has 1 aliphatic heterocycles. The van der Waals surface area contributed by atoms with Crippen molar-refractivity contribution in [3.05, 3.63) is 17.8 Å². The van der Waals surface area contributed by atoms with Crippen LogP contribution < -0.4 is 10.6 Å². The minimum absolute atomic E-state index is 0.0730. The Hall–Kier alpha value is -1.16. The topological polar surface area (TPSA) is 49.8 Å². The Morgan fingerprint density at radius 2 is 2.00 bits per heavy atom. The van der Waals surface area contributed by atoms with Crippen LogP contribution in [0, 0.1) is 0 Å². The number of aromatic nitrogens is 2. The Morgan fingerprint density at radius 3 is 2.40 bits per heavy atom. The van der Waals surface area contributed by atoms with Crippen LogP contribution in [0.25, 0.3) is 0 Å². The lowest BCUT2D eigenvalue weighted by Gasteiger charge is -2.28. The third kappa shape index (κ3) is 2.45. The van der Waals surface area contributed by atoms with Gasteiger partial charge in [-0.2, -0.15) is 5.10 Å². The number of hydrogen-bond acceptors (Lipinski definition) is 4. The molecule has 1 aromatic heterocycles. The van der Waals surface area contributed by atoms with E-state index in [-0.39, 0.29) is 5.41 Å². The summed E-state index contributed by atoms with van der Waals surface area (Å²) in [7, 11) is 0. The summed E-state index contributed by atoms with van der Waals surface area (Å²) < 4.78 is 0. The molecule has 0 aromatic carbocycles. The van der Waals surface area contributed by atoms with E-state index in [1.807, 2.05) is 12.1 Å². The first-order chi connectivity index (χ1) is 7.05. The first-order valence-electron chi connectivity index (χ1n) is 5.37. The van der Waals surface area contributed by atoms with Crippen LogP contribution in [0.1, 0.15) is 26.5 Å². The van der Waals surface area contributed by atoms with Crippen LogP contribution in [-0.4, -0.2) is 29.3 Å². The zero-order valence-electron chi connectivity index (χ0n) is 9.54. The standard InChI is InChI=1S/C11H18N4/c1-11(2,3)9-4-5-10(15-14-9)13-8-6-12-7-8/h4-5,8,12H,6-7H2,1-3H3,(H,13,15). The first-order valence-corrected chi connectivity index (χ1v) is 5.37. The summed E-state index contributed by atoms with van der Waals surface area (Å²) in [5, 5.41) is 14.9. The van der Waals surface area contributed by atoms with Crippen LogP contribution in [0.3, 0.4) is 0 Å². The molecule has 2 N–H and O–H groups in total. The van der Waals surface area contributed by atoms with E-state index < -0.39 is 0 Å². The van der Waals surface area contributed by atoms with E-state index in [1.54, 1.807) is 0 Å². The van der Waals surface area contributed by atoms with Gasteiger partial charge in [-0.25, -0.2) is 0 Å². The Labute approximate surface area is 90.5 Å². The average Bonchev–Trinajstić information content (AvgIpc) is 2.11. The predicted molar refractivity (Wildman–Crippen MR) is 61.0 cm³/mol. The van der Waals surface area contributed by atoms with Crippen molar-refractivity contribution in [2.75, 3.05) is 18.4 Å². The Balaban J connectivity index is 2.03. The maximum atomic E-state index is 4.23. The highest BCUT2D eigenvalue weighted by Gasteiger charge is 2.18. The van der Waals surface area contributed by atoms with E-state index in [1.165, 1.54) is 0 Å². The van der Waals surface area contributed by atoms with Crippen LogP contribution >= 0.6 is 0 Å². The first kappa shape index (κ1) is 10.4. The van der Waals surface area contributed by atoms with Gasteiger partial charge in [-0.15, -0.1) is 5.10 Å². The fraction of sp³-hybridized carbons (Fsp3) is 0.636. The van der Waals surface area contributed by atoms with E-state index in [9.17, 15) is 0 Å². The summed E-state index contributed by atoms with van der Waals surface area (Å²) in [6.45, 7) is 8.45. The van der Waals surface area contributed by atoms with Crippen molar-refractivity contribution in [2.45, 2.75) is 32.2 Å². The minimum Gasteiger partial charge on any atom is -0.363 e. The quantitative estimate of drug-likeness (QED) is 0.762. The summed E-state index contributed by atoms with van der Waals surface area (Å²) in [5.41, 5.74) is 1.10. The van der Waals surface area contributed by atoms with Crippen molar-refractivity contribution >= 4 is 5.82 Å². The molecular weight excluding hydrogens is 188 g/mol. The molecule has 0 spiro atoms. The maximum Gasteiger partial charge on any atom is 0.148 e. The van der Waals surface area contributed by atoms with Gasteiger partial charge in [0.25, 0.3) is 0 Å². The van der Waals surface area contributed by atoms with Crippen LogP contribution in [0.2, 0.25) is 0 Å². The second kappa shape index (κ2) is 3.77. The Kier molecular flexibility index (Phi) is 2.61. The fourth-order valence-corrected chi connectivity index (χ4v) is 1.41. The van der Waals surface area contributed by atoms with Crippen molar-refractivity contribution in [3.8, 4) is 0 Å². The number of rotatable bonds is 2. The zero-order chi connectivity index (χ0) is 10.9. The normalized spacial score (nSPS) is 17.3. The molecule has 4 nitrogen and oxygen atoms in total. The second-order valence-corrected chi connectivity index (χ2v) is 5.05. The SMILES string of the molecule is CC(C)(C)c1ccc(NC2CNC2)nn1. The van der Waals surface area contributed by atoms with Crippen molar-refractivity contribution in [3.63, 3.8) is 0 Å². The molecule has 0 amide bonds. The summed E-state index contributed by atoms with van der Waals surface area (Å²) in [6, 6.07) is 4.56. The Bertz CT molecular complexity index is 321. The monoisotopic (exact) mass is 206 g/mol. The highest BCUT2D eigenvalue weighted by molar-refractivity contribution is 5.36. The fourth-order valence-electron chi connectivity index (χ4n) is 1.41. The Morgan fingerprint density at radius 1 is 1.27 bits per heavy atom. The molecule has 0 unspecified atom stereocenters. The lowest BCUT2D eigenvalue weighted by molar-refractivity contribution is 0.470. The van der Waals surface area contributed by atoms with E-state index in [2.05, 4.69) is 41.6 Å². The number of hydrogen-bond donors (Lipinski definition) is 2. The molecule has 2 heterocycles. The number of nitrogens with one attached hydrogen (secondary N) is 2. The molecule has 0 atom stereocenters. The van der Waals surface area contributed by atoms with Crippen molar-refractivity contribution < 1.29 is 0 Å². The van der Waals surface area contributed by atoms with Gasteiger partial charge in [0.1, 0.15) is 5.82 Å². The summed E-state index contributed by atoms with van der Waals surface area (Å²) in [4.78, 5) is 0. The highest BCUT2D eigenvalue weighted by atomic mass is 15.2. The molecule has 0 saturated carbocycles. The van der Waals surface area contributed by atoms with E-state index in [0.717, 1.165) is 24.6 Å². The molecule has 0 aliphatic carbocycles. The number of anilines is 1. The van der Waals surface area contributed by atoms with E-state index >= 15 is 0 Å². The van der Waals surface area contributed by atoms with Crippen molar-refractivity contribution in [1.29, 1.82) is 0 Å². The predicted octanol–water partition coefficient (Wildman–Crippen LogP) is 1.16. The lowest BCUT2D eigenvalue weighted by atomic mass is 9.92. The lowest BCUT2D eigenvalue weighted by Crippen LogP contribution is -2.51. The largest absolute Gasteiger partial charge is 0.363 e. The van der Waals surface area contributed by atoms with Gasteiger partial charge in [0.05, 0.1) is 11.7 Å². The highest BCUT2D eigenvalue weighted by Crippen LogP contribution is 2.19. The molecule has 1 fully saturated rings. The summed E-state index contributed by atoms with van der Waals surface area (Å²) in [5.74, 6) is 0.870. The molecule has 0 bridgehead atoms. The molecule has 0 radical (unpaired) electrons. The van der Waals surface area contributed by atoms with Gasteiger partial charge in [0, 0.05) is 18.5 Å². The van der Waals surface area contributed by atoms with Crippen LogP contribution in [0.15, 0.2) is 12.1 Å². The summed E-state index contributed by atoms with van der Waals surface area (Å²) in [6.07, 6.45) is 0. The van der Waals surface area contributed by atoms with Crippen molar-refractivity contribution in [2.24, 2.45) is 0 Å². The molecule has 15 heavy (non-hydrogen) atoms. The number of nitrogens with zero attached hydrogens (tertiary/aromatic N) is 2.